The van der Waals surface area contributed by atoms with Crippen LogP contribution in [0.25, 0.3) is 0 Å². The molecule has 0 aliphatic carbocycles. The topological polar surface area (TPSA) is 64.1 Å². The quantitative estimate of drug-likeness (QED) is 0.942. The molecule has 0 aliphatic rings. The van der Waals surface area contributed by atoms with Crippen LogP contribution >= 0.6 is 11.6 Å². The molecule has 0 spiro atoms. The minimum Gasteiger partial charge on any atom is -0.492 e. The molecular formula is C13H11ClFN3O2. The van der Waals surface area contributed by atoms with Gasteiger partial charge in [-0.2, -0.15) is 0 Å². The fourth-order valence-corrected chi connectivity index (χ4v) is 1.59. The van der Waals surface area contributed by atoms with Gasteiger partial charge in [0.1, 0.15) is 22.4 Å². The number of nitrogens with one attached hydrogen (secondary N) is 1. The van der Waals surface area contributed by atoms with E-state index in [1.165, 1.54) is 30.6 Å². The third-order valence-corrected chi connectivity index (χ3v) is 2.54. The van der Waals surface area contributed by atoms with Gasteiger partial charge in [0, 0.05) is 6.07 Å². The number of anilines is 1. The molecule has 20 heavy (non-hydrogen) atoms. The lowest BCUT2D eigenvalue weighted by atomic mass is 10.2. The van der Waals surface area contributed by atoms with Crippen LogP contribution in [0.1, 0.15) is 17.4 Å². The van der Waals surface area contributed by atoms with E-state index in [1.54, 1.807) is 6.92 Å². The summed E-state index contributed by atoms with van der Waals surface area (Å²) < 4.78 is 18.4. The Morgan fingerprint density at radius 2 is 2.20 bits per heavy atom. The molecule has 0 saturated heterocycles. The molecule has 1 amide bonds. The van der Waals surface area contributed by atoms with Crippen molar-refractivity contribution in [2.75, 3.05) is 11.9 Å². The van der Waals surface area contributed by atoms with Crippen molar-refractivity contribution in [3.05, 3.63) is 47.3 Å². The number of hydrogen-bond donors (Lipinski definition) is 1. The molecule has 1 N–H and O–H groups in total. The molecule has 104 valence electrons. The number of benzene rings is 1. The molecule has 7 heteroatoms. The molecule has 0 unspecified atom stereocenters. The fraction of sp³-hybridized carbons (Fsp3) is 0.154. The number of rotatable bonds is 4. The van der Waals surface area contributed by atoms with Crippen LogP contribution in [-0.4, -0.2) is 22.5 Å². The second-order valence-corrected chi connectivity index (χ2v) is 4.14. The summed E-state index contributed by atoms with van der Waals surface area (Å²) in [5.41, 5.74) is 0.455. The normalized spacial score (nSPS) is 10.2. The van der Waals surface area contributed by atoms with Crippen molar-refractivity contribution < 1.29 is 13.9 Å². The van der Waals surface area contributed by atoms with E-state index in [1.807, 2.05) is 0 Å². The van der Waals surface area contributed by atoms with Crippen LogP contribution in [0.3, 0.4) is 0 Å². The average molecular weight is 296 g/mol. The summed E-state index contributed by atoms with van der Waals surface area (Å²) in [6, 6.07) is 3.85. The summed E-state index contributed by atoms with van der Waals surface area (Å²) in [6.45, 7) is 2.12. The Morgan fingerprint density at radius 3 is 2.85 bits per heavy atom. The Morgan fingerprint density at radius 1 is 1.40 bits per heavy atom. The van der Waals surface area contributed by atoms with Crippen molar-refractivity contribution in [1.82, 2.24) is 9.97 Å². The first-order chi connectivity index (χ1) is 9.60. The van der Waals surface area contributed by atoms with E-state index >= 15 is 0 Å². The zero-order valence-corrected chi connectivity index (χ0v) is 11.3. The number of halogens is 2. The van der Waals surface area contributed by atoms with Gasteiger partial charge in [0.05, 0.1) is 24.7 Å². The first kappa shape index (κ1) is 14.2. The monoisotopic (exact) mass is 295 g/mol. The lowest BCUT2D eigenvalue weighted by Crippen LogP contribution is -2.15. The summed E-state index contributed by atoms with van der Waals surface area (Å²) in [7, 11) is 0. The molecule has 0 saturated carbocycles. The third-order valence-electron chi connectivity index (χ3n) is 2.34. The molecule has 1 heterocycles. The molecule has 0 bridgehead atoms. The van der Waals surface area contributed by atoms with Crippen LogP contribution in [0.15, 0.2) is 30.6 Å². The molecule has 1 aromatic carbocycles. The van der Waals surface area contributed by atoms with E-state index in [4.69, 9.17) is 16.3 Å². The van der Waals surface area contributed by atoms with E-state index in [2.05, 4.69) is 15.3 Å². The van der Waals surface area contributed by atoms with Gasteiger partial charge in [-0.25, -0.2) is 14.4 Å². The Kier molecular flexibility index (Phi) is 4.47. The van der Waals surface area contributed by atoms with Gasteiger partial charge >= 0.3 is 0 Å². The zero-order valence-electron chi connectivity index (χ0n) is 10.6. The molecule has 5 nitrogen and oxygen atoms in total. The predicted octanol–water partition coefficient (Wildman–Crippen LogP) is 2.92. The summed E-state index contributed by atoms with van der Waals surface area (Å²) >= 11 is 5.59. The molecule has 2 aromatic rings. The maximum absolute atomic E-state index is 13.1. The standard InChI is InChI=1S/C13H11ClFN3O2/c1-2-20-11-5-8(15)3-4-9(11)18-13(19)10-6-17-12(14)7-16-10/h3-7H,2H2,1H3,(H,18,19). The molecule has 0 fully saturated rings. The number of amides is 1. The van der Waals surface area contributed by atoms with Gasteiger partial charge in [-0.3, -0.25) is 4.79 Å². The lowest BCUT2D eigenvalue weighted by molar-refractivity contribution is 0.102. The highest BCUT2D eigenvalue weighted by molar-refractivity contribution is 6.29. The molecule has 0 radical (unpaired) electrons. The van der Waals surface area contributed by atoms with Gasteiger partial charge in [0.25, 0.3) is 5.91 Å². The van der Waals surface area contributed by atoms with E-state index in [9.17, 15) is 9.18 Å². The van der Waals surface area contributed by atoms with Gasteiger partial charge in [-0.1, -0.05) is 11.6 Å². The molecule has 1 aromatic heterocycles. The molecule has 2 rings (SSSR count). The van der Waals surface area contributed by atoms with Crippen LogP contribution in [-0.2, 0) is 0 Å². The van der Waals surface area contributed by atoms with Crippen molar-refractivity contribution >= 4 is 23.2 Å². The maximum atomic E-state index is 13.1. The van der Waals surface area contributed by atoms with Crippen molar-refractivity contribution in [1.29, 1.82) is 0 Å². The minimum absolute atomic E-state index is 0.0983. The van der Waals surface area contributed by atoms with E-state index in [0.717, 1.165) is 0 Å². The van der Waals surface area contributed by atoms with Gasteiger partial charge < -0.3 is 10.1 Å². The summed E-state index contributed by atoms with van der Waals surface area (Å²) in [4.78, 5) is 19.6. The number of carbonyl (C=O) groups excluding carboxylic acids is 1. The first-order valence-electron chi connectivity index (χ1n) is 5.81. The summed E-state index contributed by atoms with van der Waals surface area (Å²) in [6.07, 6.45) is 2.52. The second-order valence-electron chi connectivity index (χ2n) is 3.75. The highest BCUT2D eigenvalue weighted by atomic mass is 35.5. The Hall–Kier alpha value is -2.21. The van der Waals surface area contributed by atoms with Crippen molar-refractivity contribution in [3.63, 3.8) is 0 Å². The van der Waals surface area contributed by atoms with Crippen molar-refractivity contribution in [2.45, 2.75) is 6.92 Å². The van der Waals surface area contributed by atoms with Crippen LogP contribution in [0, 0.1) is 5.82 Å². The maximum Gasteiger partial charge on any atom is 0.275 e. The van der Waals surface area contributed by atoms with Crippen LogP contribution < -0.4 is 10.1 Å². The Bertz CT molecular complexity index is 620. The zero-order chi connectivity index (χ0) is 14.5. The average Bonchev–Trinajstić information content (AvgIpc) is 2.43. The SMILES string of the molecule is CCOc1cc(F)ccc1NC(=O)c1cnc(Cl)cn1. The Balaban J connectivity index is 2.21. The fourth-order valence-electron chi connectivity index (χ4n) is 1.49. The summed E-state index contributed by atoms with van der Waals surface area (Å²) in [5, 5.41) is 2.78. The van der Waals surface area contributed by atoms with Crippen molar-refractivity contribution in [3.8, 4) is 5.75 Å². The first-order valence-corrected chi connectivity index (χ1v) is 6.19. The largest absolute Gasteiger partial charge is 0.492 e. The van der Waals surface area contributed by atoms with Crippen molar-refractivity contribution in [2.24, 2.45) is 0 Å². The number of nitrogens with zero attached hydrogens (tertiary/aromatic N) is 2. The van der Waals surface area contributed by atoms with Crippen LogP contribution in [0.5, 0.6) is 5.75 Å². The second kappa shape index (κ2) is 6.29. The minimum atomic E-state index is -0.485. The van der Waals surface area contributed by atoms with E-state index in [-0.39, 0.29) is 16.6 Å². The van der Waals surface area contributed by atoms with E-state index < -0.39 is 11.7 Å². The number of ether oxygens (including phenoxy) is 1. The third kappa shape index (κ3) is 3.42. The summed E-state index contributed by atoms with van der Waals surface area (Å²) in [5.74, 6) is -0.678. The highest BCUT2D eigenvalue weighted by Gasteiger charge is 2.12. The molecule has 0 atom stereocenters. The van der Waals surface area contributed by atoms with Crippen LogP contribution in [0.4, 0.5) is 10.1 Å². The van der Waals surface area contributed by atoms with Gasteiger partial charge in [-0.05, 0) is 19.1 Å². The Labute approximate surface area is 119 Å². The van der Waals surface area contributed by atoms with E-state index in [0.29, 0.717) is 12.3 Å². The predicted molar refractivity (Wildman–Crippen MR) is 72.6 cm³/mol. The van der Waals surface area contributed by atoms with Gasteiger partial charge in [-0.15, -0.1) is 0 Å². The van der Waals surface area contributed by atoms with Gasteiger partial charge in [0.15, 0.2) is 0 Å². The molecular weight excluding hydrogens is 285 g/mol. The smallest absolute Gasteiger partial charge is 0.275 e. The van der Waals surface area contributed by atoms with Crippen LogP contribution in [0.2, 0.25) is 5.15 Å². The number of hydrogen-bond acceptors (Lipinski definition) is 4. The number of carbonyl (C=O) groups is 1. The lowest BCUT2D eigenvalue weighted by Gasteiger charge is -2.11. The highest BCUT2D eigenvalue weighted by Crippen LogP contribution is 2.25. The molecule has 0 aliphatic heterocycles. The number of aromatic nitrogens is 2. The van der Waals surface area contributed by atoms with Gasteiger partial charge in [0.2, 0.25) is 0 Å².